The first-order valence-electron chi connectivity index (χ1n) is 6.79. The second-order valence-electron chi connectivity index (χ2n) is 5.13. The van der Waals surface area contributed by atoms with Crippen molar-refractivity contribution in [2.45, 2.75) is 18.6 Å². The lowest BCUT2D eigenvalue weighted by molar-refractivity contribution is -0.137. The van der Waals surface area contributed by atoms with E-state index in [1.54, 1.807) is 12.1 Å². The predicted octanol–water partition coefficient (Wildman–Crippen LogP) is 3.76. The number of nitrogens with two attached hydrogens (primary N) is 1. The highest BCUT2D eigenvalue weighted by molar-refractivity contribution is 5.48. The number of hydrogen-bond acceptors (Lipinski definition) is 3. The van der Waals surface area contributed by atoms with Crippen molar-refractivity contribution in [2.75, 3.05) is 6.61 Å². The van der Waals surface area contributed by atoms with Crippen LogP contribution in [0.1, 0.15) is 11.1 Å². The Morgan fingerprint density at radius 3 is 2.50 bits per heavy atom. The Kier molecular flexibility index (Phi) is 3.70. The van der Waals surface area contributed by atoms with Gasteiger partial charge in [0.25, 0.3) is 0 Å². The minimum absolute atomic E-state index is 0.121. The van der Waals surface area contributed by atoms with Crippen molar-refractivity contribution in [1.29, 1.82) is 0 Å². The maximum atomic E-state index is 12.5. The first-order chi connectivity index (χ1) is 10.4. The number of halogens is 3. The smallest absolute Gasteiger partial charge is 0.416 e. The Labute approximate surface area is 125 Å². The molecule has 0 radical (unpaired) electrons. The molecule has 0 saturated heterocycles. The van der Waals surface area contributed by atoms with E-state index in [-0.39, 0.29) is 6.04 Å². The van der Waals surface area contributed by atoms with Gasteiger partial charge in [-0.3, -0.25) is 0 Å². The van der Waals surface area contributed by atoms with Gasteiger partial charge in [0.1, 0.15) is 23.9 Å². The number of alkyl halides is 3. The summed E-state index contributed by atoms with van der Waals surface area (Å²) in [5.41, 5.74) is 6.00. The molecule has 1 unspecified atom stereocenters. The van der Waals surface area contributed by atoms with E-state index < -0.39 is 11.7 Å². The van der Waals surface area contributed by atoms with Crippen LogP contribution >= 0.6 is 0 Å². The minimum Gasteiger partial charge on any atom is -0.492 e. The summed E-state index contributed by atoms with van der Waals surface area (Å²) in [5, 5.41) is 0. The number of fused-ring (bicyclic) bond motifs is 1. The van der Waals surface area contributed by atoms with E-state index >= 15 is 0 Å². The van der Waals surface area contributed by atoms with Crippen molar-refractivity contribution in [3.05, 3.63) is 53.6 Å². The Balaban J connectivity index is 1.85. The Morgan fingerprint density at radius 1 is 1.09 bits per heavy atom. The highest BCUT2D eigenvalue weighted by atomic mass is 19.4. The third kappa shape index (κ3) is 3.01. The molecule has 1 atom stereocenters. The van der Waals surface area contributed by atoms with Gasteiger partial charge in [-0.1, -0.05) is 6.07 Å². The summed E-state index contributed by atoms with van der Waals surface area (Å²) in [6, 6.07) is 9.80. The van der Waals surface area contributed by atoms with Crippen LogP contribution in [-0.4, -0.2) is 12.6 Å². The molecule has 1 heterocycles. The van der Waals surface area contributed by atoms with Gasteiger partial charge in [0.2, 0.25) is 0 Å². The highest BCUT2D eigenvalue weighted by Crippen LogP contribution is 2.36. The first-order valence-corrected chi connectivity index (χ1v) is 6.79. The zero-order chi connectivity index (χ0) is 15.7. The highest BCUT2D eigenvalue weighted by Gasteiger charge is 2.30. The first kappa shape index (κ1) is 14.7. The number of rotatable bonds is 2. The van der Waals surface area contributed by atoms with E-state index in [2.05, 4.69) is 0 Å². The van der Waals surface area contributed by atoms with Crippen LogP contribution in [0, 0.1) is 0 Å². The molecule has 1 aliphatic heterocycles. The zero-order valence-electron chi connectivity index (χ0n) is 11.6. The van der Waals surface area contributed by atoms with Crippen LogP contribution in [0.4, 0.5) is 13.2 Å². The third-order valence-electron chi connectivity index (χ3n) is 3.42. The molecule has 1 aliphatic rings. The lowest BCUT2D eigenvalue weighted by Gasteiger charge is -2.24. The monoisotopic (exact) mass is 309 g/mol. The summed E-state index contributed by atoms with van der Waals surface area (Å²) in [5.74, 6) is 1.58. The molecule has 0 spiro atoms. The fourth-order valence-corrected chi connectivity index (χ4v) is 2.33. The minimum atomic E-state index is -4.36. The predicted molar refractivity (Wildman–Crippen MR) is 75.1 cm³/mol. The van der Waals surface area contributed by atoms with Gasteiger partial charge in [-0.05, 0) is 42.8 Å². The molecule has 22 heavy (non-hydrogen) atoms. The lowest BCUT2D eigenvalue weighted by Crippen LogP contribution is -2.33. The van der Waals surface area contributed by atoms with Crippen LogP contribution < -0.4 is 15.2 Å². The molecule has 0 saturated carbocycles. The van der Waals surface area contributed by atoms with Crippen LogP contribution in [0.5, 0.6) is 17.2 Å². The van der Waals surface area contributed by atoms with Crippen LogP contribution in [0.15, 0.2) is 42.5 Å². The summed E-state index contributed by atoms with van der Waals surface area (Å²) in [6.07, 6.45) is -3.75. The standard InChI is InChI=1S/C16H14F3NO2/c17-16(18,19)10-4-6-12(7-5-10)22-15-3-1-2-14-13(15)8-11(20)9-21-14/h1-7,11H,8-9,20H2. The molecule has 2 N–H and O–H groups in total. The van der Waals surface area contributed by atoms with Crippen molar-refractivity contribution in [1.82, 2.24) is 0 Å². The Hall–Kier alpha value is -2.21. The number of benzene rings is 2. The molecule has 0 amide bonds. The fraction of sp³-hybridized carbons (Fsp3) is 0.250. The van der Waals surface area contributed by atoms with Crippen LogP contribution in [0.2, 0.25) is 0 Å². The van der Waals surface area contributed by atoms with Gasteiger partial charge < -0.3 is 15.2 Å². The third-order valence-corrected chi connectivity index (χ3v) is 3.42. The van der Waals surface area contributed by atoms with Crippen molar-refractivity contribution < 1.29 is 22.6 Å². The zero-order valence-corrected chi connectivity index (χ0v) is 11.6. The van der Waals surface area contributed by atoms with E-state index in [9.17, 15) is 13.2 Å². The number of ether oxygens (including phenoxy) is 2. The van der Waals surface area contributed by atoms with E-state index in [1.165, 1.54) is 12.1 Å². The summed E-state index contributed by atoms with van der Waals surface area (Å²) in [4.78, 5) is 0. The van der Waals surface area contributed by atoms with Gasteiger partial charge in [-0.2, -0.15) is 13.2 Å². The molecule has 6 heteroatoms. The van der Waals surface area contributed by atoms with Gasteiger partial charge in [-0.25, -0.2) is 0 Å². The van der Waals surface area contributed by atoms with Crippen LogP contribution in [0.25, 0.3) is 0 Å². The molecule has 3 rings (SSSR count). The van der Waals surface area contributed by atoms with E-state index in [1.807, 2.05) is 6.07 Å². The molecule has 0 bridgehead atoms. The largest absolute Gasteiger partial charge is 0.492 e. The van der Waals surface area contributed by atoms with Gasteiger partial charge in [0, 0.05) is 11.6 Å². The maximum absolute atomic E-state index is 12.5. The molecule has 0 aliphatic carbocycles. The normalized spacial score (nSPS) is 17.5. The molecule has 3 nitrogen and oxygen atoms in total. The average Bonchev–Trinajstić information content (AvgIpc) is 2.47. The van der Waals surface area contributed by atoms with E-state index in [0.717, 1.165) is 17.7 Å². The molecule has 0 fully saturated rings. The molecular formula is C16H14F3NO2. The van der Waals surface area contributed by atoms with Gasteiger partial charge in [0.05, 0.1) is 5.56 Å². The van der Waals surface area contributed by atoms with Gasteiger partial charge in [-0.15, -0.1) is 0 Å². The second-order valence-corrected chi connectivity index (χ2v) is 5.13. The lowest BCUT2D eigenvalue weighted by atomic mass is 10.0. The second kappa shape index (κ2) is 5.53. The molecule has 0 aromatic heterocycles. The topological polar surface area (TPSA) is 44.5 Å². The van der Waals surface area contributed by atoms with Crippen molar-refractivity contribution in [3.8, 4) is 17.2 Å². The molecular weight excluding hydrogens is 295 g/mol. The average molecular weight is 309 g/mol. The SMILES string of the molecule is NC1COc2cccc(Oc3ccc(C(F)(F)F)cc3)c2C1. The van der Waals surface area contributed by atoms with Crippen molar-refractivity contribution in [2.24, 2.45) is 5.73 Å². The van der Waals surface area contributed by atoms with Crippen LogP contribution in [-0.2, 0) is 12.6 Å². The van der Waals surface area contributed by atoms with Crippen molar-refractivity contribution in [3.63, 3.8) is 0 Å². The van der Waals surface area contributed by atoms with E-state index in [0.29, 0.717) is 30.3 Å². The summed E-state index contributed by atoms with van der Waals surface area (Å²) in [7, 11) is 0. The molecule has 2 aromatic rings. The fourth-order valence-electron chi connectivity index (χ4n) is 2.33. The summed E-state index contributed by atoms with van der Waals surface area (Å²) in [6.45, 7) is 0.441. The van der Waals surface area contributed by atoms with Crippen LogP contribution in [0.3, 0.4) is 0 Å². The summed E-state index contributed by atoms with van der Waals surface area (Å²) >= 11 is 0. The van der Waals surface area contributed by atoms with Gasteiger partial charge >= 0.3 is 6.18 Å². The van der Waals surface area contributed by atoms with Crippen molar-refractivity contribution >= 4 is 0 Å². The summed E-state index contributed by atoms with van der Waals surface area (Å²) < 4.78 is 48.8. The van der Waals surface area contributed by atoms with Gasteiger partial charge in [0.15, 0.2) is 0 Å². The number of hydrogen-bond donors (Lipinski definition) is 1. The Bertz CT molecular complexity index is 668. The molecule has 116 valence electrons. The molecule has 2 aromatic carbocycles. The Morgan fingerprint density at radius 2 is 1.82 bits per heavy atom. The van der Waals surface area contributed by atoms with E-state index in [4.69, 9.17) is 15.2 Å². The quantitative estimate of drug-likeness (QED) is 0.918. The maximum Gasteiger partial charge on any atom is 0.416 e.